The van der Waals surface area contributed by atoms with Crippen LogP contribution in [0.3, 0.4) is 0 Å². The van der Waals surface area contributed by atoms with Crippen molar-refractivity contribution in [2.45, 2.75) is 76.4 Å². The van der Waals surface area contributed by atoms with E-state index in [1.54, 1.807) is 0 Å². The Labute approximate surface area is 100 Å². The van der Waals surface area contributed by atoms with Crippen LogP contribution in [-0.4, -0.2) is 25.3 Å². The Morgan fingerprint density at radius 3 is 2.44 bits per heavy atom. The van der Waals surface area contributed by atoms with E-state index in [9.17, 15) is 0 Å². The molecule has 0 radical (unpaired) electrons. The summed E-state index contributed by atoms with van der Waals surface area (Å²) in [6, 6.07) is 0.790. The lowest BCUT2D eigenvalue weighted by Gasteiger charge is -2.16. The van der Waals surface area contributed by atoms with Crippen molar-refractivity contribution >= 4 is 0 Å². The Balaban J connectivity index is 1.49. The van der Waals surface area contributed by atoms with Crippen molar-refractivity contribution in [3.05, 3.63) is 0 Å². The van der Waals surface area contributed by atoms with Gasteiger partial charge in [0.15, 0.2) is 0 Å². The fourth-order valence-electron chi connectivity index (χ4n) is 2.99. The third-order valence-electron chi connectivity index (χ3n) is 4.02. The topological polar surface area (TPSA) is 21.3 Å². The molecule has 1 saturated carbocycles. The van der Waals surface area contributed by atoms with E-state index in [2.05, 4.69) is 5.32 Å². The molecule has 0 bridgehead atoms. The minimum Gasteiger partial charge on any atom is -0.378 e. The largest absolute Gasteiger partial charge is 0.378 e. The van der Waals surface area contributed by atoms with Crippen molar-refractivity contribution in [2.24, 2.45) is 0 Å². The molecule has 0 aromatic carbocycles. The number of nitrogens with one attached hydrogen (secondary N) is 1. The monoisotopic (exact) mass is 225 g/mol. The van der Waals surface area contributed by atoms with Gasteiger partial charge >= 0.3 is 0 Å². The van der Waals surface area contributed by atoms with Crippen molar-refractivity contribution in [1.29, 1.82) is 0 Å². The Hall–Kier alpha value is -0.0800. The Kier molecular flexibility index (Phi) is 5.64. The lowest BCUT2D eigenvalue weighted by atomic mass is 10.1. The molecule has 1 saturated heterocycles. The highest BCUT2D eigenvalue weighted by Crippen LogP contribution is 2.20. The average molecular weight is 225 g/mol. The maximum Gasteiger partial charge on any atom is 0.0575 e. The number of ether oxygens (including phenoxy) is 1. The van der Waals surface area contributed by atoms with Gasteiger partial charge in [0.2, 0.25) is 0 Å². The third-order valence-corrected chi connectivity index (χ3v) is 4.02. The molecule has 0 amide bonds. The van der Waals surface area contributed by atoms with Crippen molar-refractivity contribution in [2.75, 3.05) is 13.2 Å². The van der Waals surface area contributed by atoms with E-state index in [0.29, 0.717) is 6.10 Å². The van der Waals surface area contributed by atoms with Crippen molar-refractivity contribution in [3.63, 3.8) is 0 Å². The maximum atomic E-state index is 5.99. The molecule has 0 aromatic heterocycles. The highest BCUT2D eigenvalue weighted by atomic mass is 16.5. The highest BCUT2D eigenvalue weighted by Gasteiger charge is 2.15. The van der Waals surface area contributed by atoms with Gasteiger partial charge in [0.05, 0.1) is 6.10 Å². The van der Waals surface area contributed by atoms with Crippen molar-refractivity contribution in [1.82, 2.24) is 5.32 Å². The van der Waals surface area contributed by atoms with Crippen LogP contribution in [0.4, 0.5) is 0 Å². The summed E-state index contributed by atoms with van der Waals surface area (Å²) in [5.41, 5.74) is 0. The van der Waals surface area contributed by atoms with E-state index in [4.69, 9.17) is 4.74 Å². The average Bonchev–Trinajstić information content (AvgIpc) is 2.68. The second-order valence-corrected chi connectivity index (χ2v) is 5.42. The van der Waals surface area contributed by atoms with Crippen LogP contribution in [0.1, 0.15) is 64.2 Å². The molecule has 16 heavy (non-hydrogen) atoms. The summed E-state index contributed by atoms with van der Waals surface area (Å²) in [7, 11) is 0. The molecule has 0 spiro atoms. The summed E-state index contributed by atoms with van der Waals surface area (Å²) in [6.07, 6.45) is 14.1. The molecule has 2 rings (SSSR count). The summed E-state index contributed by atoms with van der Waals surface area (Å²) in [4.78, 5) is 0. The van der Waals surface area contributed by atoms with Gasteiger partial charge in [-0.3, -0.25) is 0 Å². The van der Waals surface area contributed by atoms with E-state index in [1.165, 1.54) is 70.8 Å². The fraction of sp³-hybridized carbons (Fsp3) is 1.00. The zero-order valence-corrected chi connectivity index (χ0v) is 10.5. The minimum atomic E-state index is 0.582. The van der Waals surface area contributed by atoms with Crippen LogP contribution < -0.4 is 5.32 Å². The summed E-state index contributed by atoms with van der Waals surface area (Å²) in [5, 5.41) is 3.55. The quantitative estimate of drug-likeness (QED) is 0.573. The van der Waals surface area contributed by atoms with Gasteiger partial charge in [-0.2, -0.15) is 0 Å². The van der Waals surface area contributed by atoms with E-state index in [-0.39, 0.29) is 0 Å². The molecule has 2 nitrogen and oxygen atoms in total. The predicted molar refractivity (Wildman–Crippen MR) is 67.7 cm³/mol. The summed E-state index contributed by atoms with van der Waals surface area (Å²) >= 11 is 0. The number of hydrogen-bond acceptors (Lipinski definition) is 2. The van der Waals surface area contributed by atoms with Crippen LogP contribution in [0.5, 0.6) is 0 Å². The van der Waals surface area contributed by atoms with Crippen molar-refractivity contribution in [3.8, 4) is 0 Å². The van der Waals surface area contributed by atoms with Gasteiger partial charge in [0.1, 0.15) is 0 Å². The van der Waals surface area contributed by atoms with Gasteiger partial charge in [-0.15, -0.1) is 0 Å². The molecule has 94 valence electrons. The molecule has 1 N–H and O–H groups in total. The molecule has 1 unspecified atom stereocenters. The lowest BCUT2D eigenvalue weighted by Crippen LogP contribution is -2.22. The highest BCUT2D eigenvalue weighted by molar-refractivity contribution is 4.73. The maximum absolute atomic E-state index is 5.99. The van der Waals surface area contributed by atoms with E-state index < -0.39 is 0 Å². The molecule has 2 aliphatic rings. The van der Waals surface area contributed by atoms with E-state index in [1.807, 2.05) is 0 Å². The summed E-state index contributed by atoms with van der Waals surface area (Å²) in [6.45, 7) is 2.22. The standard InChI is InChI=1S/C14H27NO/c1-2-4-10-14(9-3-1)16-12-6-8-13-7-5-11-15-13/h13-15H,1-12H2. The smallest absolute Gasteiger partial charge is 0.0575 e. The molecule has 0 aromatic rings. The molecule has 2 fully saturated rings. The SMILES string of the molecule is C1CCCC(OCCCC2CCCN2)CC1. The van der Waals surface area contributed by atoms with Crippen LogP contribution in [-0.2, 0) is 4.74 Å². The van der Waals surface area contributed by atoms with Crippen LogP contribution in [0.15, 0.2) is 0 Å². The first-order chi connectivity index (χ1) is 7.95. The third kappa shape index (κ3) is 4.42. The van der Waals surface area contributed by atoms with Gasteiger partial charge in [-0.1, -0.05) is 25.7 Å². The molecule has 1 aliphatic carbocycles. The number of rotatable bonds is 5. The predicted octanol–water partition coefficient (Wildman–Crippen LogP) is 3.26. The Morgan fingerprint density at radius 2 is 1.75 bits per heavy atom. The lowest BCUT2D eigenvalue weighted by molar-refractivity contribution is 0.0401. The van der Waals surface area contributed by atoms with E-state index in [0.717, 1.165) is 12.6 Å². The van der Waals surface area contributed by atoms with Crippen LogP contribution in [0.2, 0.25) is 0 Å². The molecular formula is C14H27NO. The first kappa shape index (κ1) is 12.4. The Bertz CT molecular complexity index is 170. The first-order valence-electron chi connectivity index (χ1n) is 7.30. The van der Waals surface area contributed by atoms with Gasteiger partial charge in [-0.05, 0) is 45.1 Å². The number of hydrogen-bond donors (Lipinski definition) is 1. The second-order valence-electron chi connectivity index (χ2n) is 5.42. The second kappa shape index (κ2) is 7.29. The molecular weight excluding hydrogens is 198 g/mol. The van der Waals surface area contributed by atoms with Crippen molar-refractivity contribution < 1.29 is 4.74 Å². The van der Waals surface area contributed by atoms with Gasteiger partial charge in [0, 0.05) is 12.6 Å². The van der Waals surface area contributed by atoms with Crippen LogP contribution in [0.25, 0.3) is 0 Å². The van der Waals surface area contributed by atoms with Crippen LogP contribution >= 0.6 is 0 Å². The van der Waals surface area contributed by atoms with Crippen LogP contribution in [0, 0.1) is 0 Å². The zero-order valence-electron chi connectivity index (χ0n) is 10.5. The normalized spacial score (nSPS) is 28.1. The Morgan fingerprint density at radius 1 is 0.938 bits per heavy atom. The summed E-state index contributed by atoms with van der Waals surface area (Å²) in [5.74, 6) is 0. The van der Waals surface area contributed by atoms with Gasteiger partial charge in [-0.25, -0.2) is 0 Å². The minimum absolute atomic E-state index is 0.582. The fourth-order valence-corrected chi connectivity index (χ4v) is 2.99. The molecule has 1 aliphatic heterocycles. The molecule has 2 heteroatoms. The molecule has 1 atom stereocenters. The zero-order chi connectivity index (χ0) is 11.1. The first-order valence-corrected chi connectivity index (χ1v) is 7.30. The van der Waals surface area contributed by atoms with E-state index >= 15 is 0 Å². The van der Waals surface area contributed by atoms with Gasteiger partial charge in [0.25, 0.3) is 0 Å². The van der Waals surface area contributed by atoms with Gasteiger partial charge < -0.3 is 10.1 Å². The summed E-state index contributed by atoms with van der Waals surface area (Å²) < 4.78 is 5.99. The molecule has 1 heterocycles.